The normalized spacial score (nSPS) is 19.1. The van der Waals surface area contributed by atoms with Gasteiger partial charge in [-0.15, -0.1) is 0 Å². The molecule has 7 nitrogen and oxygen atoms in total. The molecular formula is C19H23N3O4. The Kier molecular flexibility index (Phi) is 7.15. The molecule has 0 aliphatic heterocycles. The van der Waals surface area contributed by atoms with Crippen LogP contribution in [0.15, 0.2) is 24.3 Å². The molecule has 0 aromatic heterocycles. The molecule has 0 unspecified atom stereocenters. The smallest absolute Gasteiger partial charge is 0.338 e. The zero-order valence-corrected chi connectivity index (χ0v) is 14.8. The second kappa shape index (κ2) is 9.56. The largest absolute Gasteiger partial charge is 0.452 e. The topological polar surface area (TPSA) is 108 Å². The number of anilines is 1. The van der Waals surface area contributed by atoms with E-state index >= 15 is 0 Å². The molecule has 1 aliphatic carbocycles. The minimum Gasteiger partial charge on any atom is -0.452 e. The van der Waals surface area contributed by atoms with Crippen LogP contribution >= 0.6 is 0 Å². The Labute approximate surface area is 152 Å². The number of hydrogen-bond acceptors (Lipinski definition) is 5. The molecule has 0 radical (unpaired) electrons. The van der Waals surface area contributed by atoms with Crippen LogP contribution in [-0.2, 0) is 14.3 Å². The van der Waals surface area contributed by atoms with E-state index in [0.29, 0.717) is 11.6 Å². The third-order valence-corrected chi connectivity index (χ3v) is 4.44. The van der Waals surface area contributed by atoms with Crippen molar-refractivity contribution in [2.45, 2.75) is 45.1 Å². The van der Waals surface area contributed by atoms with Crippen molar-refractivity contribution in [2.75, 3.05) is 11.9 Å². The Hall–Kier alpha value is -2.88. The van der Waals surface area contributed by atoms with Crippen molar-refractivity contribution in [1.82, 2.24) is 5.32 Å². The van der Waals surface area contributed by atoms with Crippen LogP contribution in [-0.4, -0.2) is 30.4 Å². The Morgan fingerprint density at radius 3 is 2.50 bits per heavy atom. The summed E-state index contributed by atoms with van der Waals surface area (Å²) in [5.74, 6) is -0.882. The second-order valence-corrected chi connectivity index (χ2v) is 6.47. The van der Waals surface area contributed by atoms with E-state index < -0.39 is 11.9 Å². The number of nitriles is 1. The number of esters is 1. The molecule has 1 fully saturated rings. The summed E-state index contributed by atoms with van der Waals surface area (Å²) in [5, 5.41) is 13.9. The Bertz CT molecular complexity index is 694. The van der Waals surface area contributed by atoms with Crippen molar-refractivity contribution >= 4 is 23.5 Å². The van der Waals surface area contributed by atoms with Crippen molar-refractivity contribution < 1.29 is 19.1 Å². The summed E-state index contributed by atoms with van der Waals surface area (Å²) >= 11 is 0. The van der Waals surface area contributed by atoms with E-state index in [1.54, 1.807) is 6.07 Å². The first-order valence-electron chi connectivity index (χ1n) is 8.73. The first-order valence-corrected chi connectivity index (χ1v) is 8.73. The van der Waals surface area contributed by atoms with E-state index in [0.717, 1.165) is 19.3 Å². The number of carbonyl (C=O) groups excluding carboxylic acids is 3. The number of amides is 2. The lowest BCUT2D eigenvalue weighted by molar-refractivity contribution is -0.125. The summed E-state index contributed by atoms with van der Waals surface area (Å²) < 4.78 is 5.04. The van der Waals surface area contributed by atoms with Crippen LogP contribution in [0.2, 0.25) is 0 Å². The summed E-state index contributed by atoms with van der Waals surface area (Å²) in [6.45, 7) is 1.80. The molecule has 7 heteroatoms. The number of hydrogen-bond donors (Lipinski definition) is 2. The second-order valence-electron chi connectivity index (χ2n) is 6.47. The maximum atomic E-state index is 12.0. The van der Waals surface area contributed by atoms with Crippen LogP contribution in [0.25, 0.3) is 0 Å². The van der Waals surface area contributed by atoms with Crippen molar-refractivity contribution in [3.63, 3.8) is 0 Å². The maximum absolute atomic E-state index is 12.0. The van der Waals surface area contributed by atoms with Gasteiger partial charge in [0, 0.05) is 11.7 Å². The molecule has 2 N–H and O–H groups in total. The summed E-state index contributed by atoms with van der Waals surface area (Å²) in [6, 6.07) is 7.95. The Morgan fingerprint density at radius 1 is 1.15 bits per heavy atom. The summed E-state index contributed by atoms with van der Waals surface area (Å²) in [5.41, 5.74) is 0.757. The zero-order valence-electron chi connectivity index (χ0n) is 14.8. The third kappa shape index (κ3) is 5.88. The van der Waals surface area contributed by atoms with Crippen LogP contribution in [0.4, 0.5) is 5.69 Å². The molecule has 0 saturated heterocycles. The molecule has 2 atom stereocenters. The highest BCUT2D eigenvalue weighted by molar-refractivity contribution is 5.94. The van der Waals surface area contributed by atoms with Crippen LogP contribution in [0.1, 0.15) is 49.4 Å². The number of carbonyl (C=O) groups is 3. The average molecular weight is 357 g/mol. The Balaban J connectivity index is 1.79. The number of benzene rings is 1. The molecule has 2 amide bonds. The van der Waals surface area contributed by atoms with Gasteiger partial charge in [-0.2, -0.15) is 5.26 Å². The van der Waals surface area contributed by atoms with Gasteiger partial charge in [0.25, 0.3) is 5.91 Å². The fraction of sp³-hybridized carbons (Fsp3) is 0.474. The molecule has 0 bridgehead atoms. The van der Waals surface area contributed by atoms with Crippen molar-refractivity contribution in [1.29, 1.82) is 5.26 Å². The maximum Gasteiger partial charge on any atom is 0.338 e. The first kappa shape index (κ1) is 19.4. The van der Waals surface area contributed by atoms with E-state index in [4.69, 9.17) is 10.00 Å². The summed E-state index contributed by atoms with van der Waals surface area (Å²) in [4.78, 5) is 35.3. The van der Waals surface area contributed by atoms with Crippen LogP contribution < -0.4 is 10.6 Å². The minimum atomic E-state index is -0.605. The standard InChI is InChI=1S/C19H23N3O4/c1-13-4-2-3-5-16(13)22-18(24)12-26-19(25)14-6-8-15(9-7-14)21-17(23)10-11-20/h6-9,13,16H,2-5,10,12H2,1H3,(H,21,23)(H,22,24)/t13-,16-/m0/s1. The lowest BCUT2D eigenvalue weighted by Gasteiger charge is -2.29. The van der Waals surface area contributed by atoms with Gasteiger partial charge in [0.1, 0.15) is 6.42 Å². The van der Waals surface area contributed by atoms with E-state index in [9.17, 15) is 14.4 Å². The first-order chi connectivity index (χ1) is 12.5. The SMILES string of the molecule is C[C@H]1CCCC[C@@H]1NC(=O)COC(=O)c1ccc(NC(=O)CC#N)cc1. The minimum absolute atomic E-state index is 0.145. The molecule has 138 valence electrons. The predicted octanol–water partition coefficient (Wildman–Crippen LogP) is 2.39. The summed E-state index contributed by atoms with van der Waals surface area (Å²) in [6.07, 6.45) is 4.11. The summed E-state index contributed by atoms with van der Waals surface area (Å²) in [7, 11) is 0. The average Bonchev–Trinajstić information content (AvgIpc) is 2.62. The van der Waals surface area contributed by atoms with Crippen molar-refractivity contribution in [2.24, 2.45) is 5.92 Å². The molecule has 1 saturated carbocycles. The predicted molar refractivity (Wildman–Crippen MR) is 95.1 cm³/mol. The lowest BCUT2D eigenvalue weighted by atomic mass is 9.86. The molecule has 2 rings (SSSR count). The number of rotatable bonds is 6. The van der Waals surface area contributed by atoms with Crippen LogP contribution in [0.5, 0.6) is 0 Å². The monoisotopic (exact) mass is 357 g/mol. The fourth-order valence-electron chi connectivity index (χ4n) is 2.96. The number of ether oxygens (including phenoxy) is 1. The quantitative estimate of drug-likeness (QED) is 0.760. The van der Waals surface area contributed by atoms with Crippen LogP contribution in [0.3, 0.4) is 0 Å². The van der Waals surface area contributed by atoms with E-state index in [2.05, 4.69) is 17.6 Å². The van der Waals surface area contributed by atoms with Gasteiger partial charge >= 0.3 is 5.97 Å². The van der Waals surface area contributed by atoms with E-state index in [1.165, 1.54) is 30.7 Å². The van der Waals surface area contributed by atoms with Gasteiger partial charge in [-0.05, 0) is 43.0 Å². The van der Waals surface area contributed by atoms with Gasteiger partial charge in [0.05, 0.1) is 11.6 Å². The molecule has 1 aromatic carbocycles. The number of nitrogens with one attached hydrogen (secondary N) is 2. The van der Waals surface area contributed by atoms with Gasteiger partial charge in [0.2, 0.25) is 5.91 Å². The highest BCUT2D eigenvalue weighted by atomic mass is 16.5. The zero-order chi connectivity index (χ0) is 18.9. The third-order valence-electron chi connectivity index (χ3n) is 4.44. The number of nitrogens with zero attached hydrogens (tertiary/aromatic N) is 1. The van der Waals surface area contributed by atoms with Gasteiger partial charge in [-0.25, -0.2) is 4.79 Å². The molecular weight excluding hydrogens is 334 g/mol. The Morgan fingerprint density at radius 2 is 1.85 bits per heavy atom. The van der Waals surface area contributed by atoms with Gasteiger partial charge in [-0.3, -0.25) is 9.59 Å². The van der Waals surface area contributed by atoms with E-state index in [-0.39, 0.29) is 30.5 Å². The highest BCUT2D eigenvalue weighted by Crippen LogP contribution is 2.23. The molecule has 1 aromatic rings. The highest BCUT2D eigenvalue weighted by Gasteiger charge is 2.23. The van der Waals surface area contributed by atoms with Crippen molar-refractivity contribution in [3.8, 4) is 6.07 Å². The molecule has 0 heterocycles. The fourth-order valence-corrected chi connectivity index (χ4v) is 2.96. The van der Waals surface area contributed by atoms with Gasteiger partial charge < -0.3 is 15.4 Å². The van der Waals surface area contributed by atoms with Gasteiger partial charge in [0.15, 0.2) is 6.61 Å². The van der Waals surface area contributed by atoms with Crippen molar-refractivity contribution in [3.05, 3.63) is 29.8 Å². The molecule has 1 aliphatic rings. The molecule has 0 spiro atoms. The molecule has 26 heavy (non-hydrogen) atoms. The van der Waals surface area contributed by atoms with Crippen LogP contribution in [0, 0.1) is 17.2 Å². The van der Waals surface area contributed by atoms with Gasteiger partial charge in [-0.1, -0.05) is 19.8 Å². The van der Waals surface area contributed by atoms with E-state index in [1.807, 2.05) is 0 Å². The lowest BCUT2D eigenvalue weighted by Crippen LogP contribution is -2.42.